The van der Waals surface area contributed by atoms with Crippen molar-refractivity contribution < 1.29 is 23.9 Å². The lowest BCUT2D eigenvalue weighted by molar-refractivity contribution is -0.154. The van der Waals surface area contributed by atoms with E-state index in [1.54, 1.807) is 57.5 Å². The van der Waals surface area contributed by atoms with E-state index in [-0.39, 0.29) is 19.1 Å². The SMILES string of the molecule is CCOC(=O)c1cc(C)n(CC(=O)OC(C)C(=O)N(C)c2ccccc2)c1C. The number of likely N-dealkylation sites (N-methyl/N-ethyl adjacent to an activating group) is 1. The van der Waals surface area contributed by atoms with Crippen LogP contribution in [-0.2, 0) is 25.6 Å². The van der Waals surface area contributed by atoms with Crippen molar-refractivity contribution in [2.75, 3.05) is 18.6 Å². The second-order valence-electron chi connectivity index (χ2n) is 6.46. The van der Waals surface area contributed by atoms with Crippen molar-refractivity contribution in [2.24, 2.45) is 0 Å². The molecular formula is C21H26N2O5. The van der Waals surface area contributed by atoms with Crippen LogP contribution in [0, 0.1) is 13.8 Å². The molecular weight excluding hydrogens is 360 g/mol. The van der Waals surface area contributed by atoms with Crippen molar-refractivity contribution in [2.45, 2.75) is 40.3 Å². The molecule has 0 bridgehead atoms. The number of esters is 2. The van der Waals surface area contributed by atoms with E-state index in [1.807, 2.05) is 18.2 Å². The smallest absolute Gasteiger partial charge is 0.339 e. The van der Waals surface area contributed by atoms with E-state index in [1.165, 1.54) is 4.90 Å². The molecule has 0 fully saturated rings. The molecule has 0 aliphatic carbocycles. The molecule has 1 amide bonds. The van der Waals surface area contributed by atoms with Crippen LogP contribution in [0.25, 0.3) is 0 Å². The van der Waals surface area contributed by atoms with E-state index in [2.05, 4.69) is 0 Å². The molecule has 28 heavy (non-hydrogen) atoms. The van der Waals surface area contributed by atoms with Crippen molar-refractivity contribution in [3.63, 3.8) is 0 Å². The van der Waals surface area contributed by atoms with Gasteiger partial charge in [-0.1, -0.05) is 18.2 Å². The van der Waals surface area contributed by atoms with Crippen molar-refractivity contribution in [3.05, 3.63) is 53.3 Å². The predicted molar refractivity (Wildman–Crippen MR) is 105 cm³/mol. The van der Waals surface area contributed by atoms with E-state index in [0.29, 0.717) is 16.9 Å². The first-order valence-corrected chi connectivity index (χ1v) is 9.12. The largest absolute Gasteiger partial charge is 0.462 e. The van der Waals surface area contributed by atoms with Gasteiger partial charge in [0.25, 0.3) is 5.91 Å². The van der Waals surface area contributed by atoms with Gasteiger partial charge in [-0.3, -0.25) is 9.59 Å². The Labute approximate surface area is 164 Å². The van der Waals surface area contributed by atoms with Gasteiger partial charge in [0.05, 0.1) is 12.2 Å². The van der Waals surface area contributed by atoms with Crippen molar-refractivity contribution in [1.29, 1.82) is 0 Å². The number of carbonyl (C=O) groups excluding carboxylic acids is 3. The van der Waals surface area contributed by atoms with Crippen LogP contribution in [0.5, 0.6) is 0 Å². The van der Waals surface area contributed by atoms with Gasteiger partial charge in [0, 0.05) is 24.1 Å². The quantitative estimate of drug-likeness (QED) is 0.684. The molecule has 1 unspecified atom stereocenters. The Morgan fingerprint density at radius 1 is 1.14 bits per heavy atom. The van der Waals surface area contributed by atoms with Crippen molar-refractivity contribution in [1.82, 2.24) is 4.57 Å². The monoisotopic (exact) mass is 386 g/mol. The van der Waals surface area contributed by atoms with Gasteiger partial charge in [-0.15, -0.1) is 0 Å². The van der Waals surface area contributed by atoms with E-state index < -0.39 is 18.0 Å². The fourth-order valence-electron chi connectivity index (χ4n) is 2.93. The predicted octanol–water partition coefficient (Wildman–Crippen LogP) is 2.88. The third kappa shape index (κ3) is 4.79. The van der Waals surface area contributed by atoms with Crippen LogP contribution in [-0.4, -0.2) is 42.2 Å². The molecule has 2 aromatic rings. The van der Waals surface area contributed by atoms with Gasteiger partial charge in [-0.05, 0) is 45.9 Å². The number of benzene rings is 1. The molecule has 1 atom stereocenters. The Balaban J connectivity index is 2.04. The summed E-state index contributed by atoms with van der Waals surface area (Å²) in [5, 5.41) is 0. The van der Waals surface area contributed by atoms with Gasteiger partial charge in [-0.25, -0.2) is 4.79 Å². The minimum absolute atomic E-state index is 0.0935. The number of hydrogen-bond acceptors (Lipinski definition) is 5. The lowest BCUT2D eigenvalue weighted by Gasteiger charge is -2.22. The Kier molecular flexibility index (Phi) is 6.98. The van der Waals surface area contributed by atoms with E-state index in [0.717, 1.165) is 5.69 Å². The molecule has 7 heteroatoms. The molecule has 0 radical (unpaired) electrons. The number of para-hydroxylation sites is 1. The maximum absolute atomic E-state index is 12.5. The van der Waals surface area contributed by atoms with Crippen LogP contribution < -0.4 is 4.90 Å². The number of carbonyl (C=O) groups is 3. The van der Waals surface area contributed by atoms with E-state index in [4.69, 9.17) is 9.47 Å². The summed E-state index contributed by atoms with van der Waals surface area (Å²) in [5.74, 6) is -1.31. The fourth-order valence-corrected chi connectivity index (χ4v) is 2.93. The molecule has 1 aromatic heterocycles. The zero-order chi connectivity index (χ0) is 20.8. The summed E-state index contributed by atoms with van der Waals surface area (Å²) in [6.45, 7) is 6.99. The second kappa shape index (κ2) is 9.21. The second-order valence-corrected chi connectivity index (χ2v) is 6.46. The van der Waals surface area contributed by atoms with Gasteiger partial charge in [0.15, 0.2) is 6.10 Å². The average Bonchev–Trinajstić information content (AvgIpc) is 2.95. The van der Waals surface area contributed by atoms with Crippen LogP contribution in [0.15, 0.2) is 36.4 Å². The molecule has 150 valence electrons. The highest BCUT2D eigenvalue weighted by Gasteiger charge is 2.24. The molecule has 0 N–H and O–H groups in total. The number of ether oxygens (including phenoxy) is 2. The standard InChI is InChI=1S/C21H26N2O5/c1-6-27-21(26)18-12-14(2)23(15(18)3)13-19(24)28-16(4)20(25)22(5)17-10-8-7-9-11-17/h7-12,16H,6,13H2,1-5H3. The fraction of sp³-hybridized carbons (Fsp3) is 0.381. The number of aryl methyl sites for hydroxylation is 1. The summed E-state index contributed by atoms with van der Waals surface area (Å²) >= 11 is 0. The summed E-state index contributed by atoms with van der Waals surface area (Å²) in [7, 11) is 1.63. The number of rotatable bonds is 7. The average molecular weight is 386 g/mol. The van der Waals surface area contributed by atoms with Gasteiger partial charge in [0.1, 0.15) is 6.54 Å². The number of aromatic nitrogens is 1. The topological polar surface area (TPSA) is 77.8 Å². The molecule has 0 aliphatic rings. The zero-order valence-corrected chi connectivity index (χ0v) is 16.9. The first-order valence-electron chi connectivity index (χ1n) is 9.12. The summed E-state index contributed by atoms with van der Waals surface area (Å²) < 4.78 is 12.0. The molecule has 0 saturated carbocycles. The Morgan fingerprint density at radius 3 is 2.39 bits per heavy atom. The number of anilines is 1. The van der Waals surface area contributed by atoms with Crippen molar-refractivity contribution in [3.8, 4) is 0 Å². The lowest BCUT2D eigenvalue weighted by Crippen LogP contribution is -2.38. The van der Waals surface area contributed by atoms with Crippen LogP contribution in [0.4, 0.5) is 5.69 Å². The van der Waals surface area contributed by atoms with Crippen LogP contribution in [0.2, 0.25) is 0 Å². The minimum atomic E-state index is -0.932. The van der Waals surface area contributed by atoms with Crippen LogP contribution in [0.3, 0.4) is 0 Å². The summed E-state index contributed by atoms with van der Waals surface area (Å²) in [6, 6.07) is 10.8. The van der Waals surface area contributed by atoms with E-state index in [9.17, 15) is 14.4 Å². The maximum atomic E-state index is 12.5. The minimum Gasteiger partial charge on any atom is -0.462 e. The molecule has 1 aromatic carbocycles. The van der Waals surface area contributed by atoms with Gasteiger partial charge in [-0.2, -0.15) is 0 Å². The Bertz CT molecular complexity index is 857. The summed E-state index contributed by atoms with van der Waals surface area (Å²) in [6.07, 6.45) is -0.932. The highest BCUT2D eigenvalue weighted by Crippen LogP contribution is 2.17. The summed E-state index contributed by atoms with van der Waals surface area (Å²) in [4.78, 5) is 38.3. The third-order valence-corrected chi connectivity index (χ3v) is 4.49. The molecule has 0 spiro atoms. The summed E-state index contributed by atoms with van der Waals surface area (Å²) in [5.41, 5.74) is 2.48. The number of hydrogen-bond donors (Lipinski definition) is 0. The first kappa shape index (κ1) is 21.2. The normalized spacial score (nSPS) is 11.6. The number of nitrogens with zero attached hydrogens (tertiary/aromatic N) is 2. The highest BCUT2D eigenvalue weighted by molar-refractivity contribution is 5.96. The van der Waals surface area contributed by atoms with Crippen molar-refractivity contribution >= 4 is 23.5 Å². The molecule has 7 nitrogen and oxygen atoms in total. The molecule has 0 aliphatic heterocycles. The number of amides is 1. The Hall–Kier alpha value is -3.09. The molecule has 2 rings (SSSR count). The van der Waals surface area contributed by atoms with Crippen LogP contribution >= 0.6 is 0 Å². The van der Waals surface area contributed by atoms with Gasteiger partial charge >= 0.3 is 11.9 Å². The van der Waals surface area contributed by atoms with E-state index >= 15 is 0 Å². The maximum Gasteiger partial charge on any atom is 0.339 e. The third-order valence-electron chi connectivity index (χ3n) is 4.49. The highest BCUT2D eigenvalue weighted by atomic mass is 16.5. The van der Waals surface area contributed by atoms with Gasteiger partial charge < -0.3 is 18.9 Å². The zero-order valence-electron chi connectivity index (χ0n) is 16.9. The first-order chi connectivity index (χ1) is 13.3. The molecule has 0 saturated heterocycles. The molecule has 1 heterocycles. The lowest BCUT2D eigenvalue weighted by atomic mass is 10.2. The van der Waals surface area contributed by atoms with Crippen LogP contribution in [0.1, 0.15) is 35.6 Å². The Morgan fingerprint density at radius 2 is 1.79 bits per heavy atom. The van der Waals surface area contributed by atoms with Gasteiger partial charge in [0.2, 0.25) is 0 Å².